The topological polar surface area (TPSA) is 75.6 Å². The summed E-state index contributed by atoms with van der Waals surface area (Å²) in [6, 6.07) is -0.864. The van der Waals surface area contributed by atoms with Gasteiger partial charge in [-0.3, -0.25) is 0 Å². The molecule has 5 heteroatoms. The molecule has 1 amide bonds. The maximum atomic E-state index is 11.5. The van der Waals surface area contributed by atoms with Crippen molar-refractivity contribution in [2.24, 2.45) is 0 Å². The van der Waals surface area contributed by atoms with Gasteiger partial charge in [0.05, 0.1) is 0 Å². The third-order valence-electron chi connectivity index (χ3n) is 2.59. The smallest absolute Gasteiger partial charge is 0.408 e. The van der Waals surface area contributed by atoms with Gasteiger partial charge in [0.1, 0.15) is 11.6 Å². The standard InChI is InChI=1S/C14H27NO4/c1-5-6-7-8-9-10-11(12(16)17)15-13(18)19-14(2,3)4/h11H,5-10H2,1-4H3,(H,15,18)(H,16,17)/t11-/m1/s1. The monoisotopic (exact) mass is 273 g/mol. The van der Waals surface area contributed by atoms with Crippen LogP contribution in [0.3, 0.4) is 0 Å². The van der Waals surface area contributed by atoms with Crippen LogP contribution in [0.5, 0.6) is 0 Å². The molecule has 0 unspecified atom stereocenters. The van der Waals surface area contributed by atoms with Crippen molar-refractivity contribution in [3.63, 3.8) is 0 Å². The molecule has 0 radical (unpaired) electrons. The molecule has 0 spiro atoms. The van der Waals surface area contributed by atoms with E-state index in [1.807, 2.05) is 0 Å². The zero-order valence-electron chi connectivity index (χ0n) is 12.5. The minimum Gasteiger partial charge on any atom is -0.480 e. The van der Waals surface area contributed by atoms with E-state index in [2.05, 4.69) is 12.2 Å². The highest BCUT2D eigenvalue weighted by molar-refractivity contribution is 5.79. The number of carbonyl (C=O) groups is 2. The fourth-order valence-electron chi connectivity index (χ4n) is 1.66. The van der Waals surface area contributed by atoms with E-state index in [4.69, 9.17) is 9.84 Å². The molecule has 0 aliphatic carbocycles. The van der Waals surface area contributed by atoms with E-state index < -0.39 is 23.7 Å². The van der Waals surface area contributed by atoms with Crippen molar-refractivity contribution in [3.05, 3.63) is 0 Å². The highest BCUT2D eigenvalue weighted by Gasteiger charge is 2.23. The number of carboxylic acids is 1. The summed E-state index contributed by atoms with van der Waals surface area (Å²) in [6.07, 6.45) is 4.98. The first-order chi connectivity index (χ1) is 8.76. The molecule has 0 rings (SSSR count). The van der Waals surface area contributed by atoms with Gasteiger partial charge in [0.25, 0.3) is 0 Å². The molecule has 0 fully saturated rings. The van der Waals surface area contributed by atoms with Crippen molar-refractivity contribution in [1.29, 1.82) is 0 Å². The van der Waals surface area contributed by atoms with Gasteiger partial charge in [-0.05, 0) is 27.2 Å². The lowest BCUT2D eigenvalue weighted by molar-refractivity contribution is -0.139. The third-order valence-corrected chi connectivity index (χ3v) is 2.59. The molecule has 0 aromatic carbocycles. The average Bonchev–Trinajstić information content (AvgIpc) is 2.24. The minimum atomic E-state index is -1.01. The van der Waals surface area contributed by atoms with E-state index in [0.29, 0.717) is 6.42 Å². The van der Waals surface area contributed by atoms with Crippen LogP contribution in [-0.2, 0) is 9.53 Å². The SMILES string of the molecule is CCCCCCC[C@@H](NC(=O)OC(C)(C)C)C(=O)O. The van der Waals surface area contributed by atoms with Crippen LogP contribution in [0.4, 0.5) is 4.79 Å². The normalized spacial score (nSPS) is 12.8. The number of hydrogen-bond donors (Lipinski definition) is 2. The zero-order chi connectivity index (χ0) is 14.9. The van der Waals surface area contributed by atoms with Crippen molar-refractivity contribution >= 4 is 12.1 Å². The van der Waals surface area contributed by atoms with E-state index >= 15 is 0 Å². The number of ether oxygens (including phenoxy) is 1. The Balaban J connectivity index is 4.05. The molecular formula is C14H27NO4. The summed E-state index contributed by atoms with van der Waals surface area (Å²) < 4.78 is 5.05. The molecule has 0 saturated heterocycles. The third kappa shape index (κ3) is 10.4. The Morgan fingerprint density at radius 1 is 1.16 bits per heavy atom. The number of amides is 1. The number of aliphatic carboxylic acids is 1. The summed E-state index contributed by atoms with van der Waals surface area (Å²) >= 11 is 0. The summed E-state index contributed by atoms with van der Waals surface area (Å²) in [4.78, 5) is 22.6. The molecule has 0 saturated carbocycles. The Morgan fingerprint density at radius 3 is 2.21 bits per heavy atom. The quantitative estimate of drug-likeness (QED) is 0.665. The summed E-state index contributed by atoms with van der Waals surface area (Å²) in [6.45, 7) is 7.36. The molecule has 0 aliphatic rings. The molecule has 0 bridgehead atoms. The van der Waals surface area contributed by atoms with Gasteiger partial charge in [-0.1, -0.05) is 39.0 Å². The van der Waals surface area contributed by atoms with E-state index in [-0.39, 0.29) is 0 Å². The largest absolute Gasteiger partial charge is 0.480 e. The van der Waals surface area contributed by atoms with Gasteiger partial charge >= 0.3 is 12.1 Å². The fraction of sp³-hybridized carbons (Fsp3) is 0.857. The number of alkyl carbamates (subject to hydrolysis) is 1. The second kappa shape index (κ2) is 8.77. The molecule has 0 aliphatic heterocycles. The molecule has 112 valence electrons. The molecular weight excluding hydrogens is 246 g/mol. The Labute approximate surface area is 115 Å². The number of nitrogens with one attached hydrogen (secondary N) is 1. The van der Waals surface area contributed by atoms with Gasteiger partial charge in [-0.2, -0.15) is 0 Å². The van der Waals surface area contributed by atoms with Crippen molar-refractivity contribution in [2.75, 3.05) is 0 Å². The van der Waals surface area contributed by atoms with Crippen LogP contribution in [-0.4, -0.2) is 28.8 Å². The first-order valence-electron chi connectivity index (χ1n) is 6.98. The van der Waals surface area contributed by atoms with E-state index in [0.717, 1.165) is 32.1 Å². The van der Waals surface area contributed by atoms with E-state index in [1.54, 1.807) is 20.8 Å². The van der Waals surface area contributed by atoms with Crippen LogP contribution < -0.4 is 5.32 Å². The van der Waals surface area contributed by atoms with Gasteiger partial charge < -0.3 is 15.2 Å². The van der Waals surface area contributed by atoms with Crippen molar-refractivity contribution in [3.8, 4) is 0 Å². The number of rotatable bonds is 8. The molecule has 0 heterocycles. The summed E-state index contributed by atoms with van der Waals surface area (Å²) in [5.41, 5.74) is -0.617. The van der Waals surface area contributed by atoms with Crippen molar-refractivity contribution < 1.29 is 19.4 Å². The molecule has 0 aromatic heterocycles. The Morgan fingerprint density at radius 2 is 1.74 bits per heavy atom. The Kier molecular flexibility index (Phi) is 8.19. The van der Waals surface area contributed by atoms with Crippen LogP contribution >= 0.6 is 0 Å². The molecule has 5 nitrogen and oxygen atoms in total. The lowest BCUT2D eigenvalue weighted by atomic mass is 10.1. The van der Waals surface area contributed by atoms with Crippen LogP contribution in [0, 0.1) is 0 Å². The zero-order valence-corrected chi connectivity index (χ0v) is 12.5. The Bertz CT molecular complexity index is 284. The first-order valence-corrected chi connectivity index (χ1v) is 6.98. The average molecular weight is 273 g/mol. The van der Waals surface area contributed by atoms with Crippen LogP contribution in [0.2, 0.25) is 0 Å². The molecule has 19 heavy (non-hydrogen) atoms. The highest BCUT2D eigenvalue weighted by Crippen LogP contribution is 2.10. The summed E-state index contributed by atoms with van der Waals surface area (Å²) in [5.74, 6) is -1.01. The second-order valence-corrected chi connectivity index (χ2v) is 5.74. The van der Waals surface area contributed by atoms with Crippen molar-refractivity contribution in [2.45, 2.75) is 77.9 Å². The highest BCUT2D eigenvalue weighted by atomic mass is 16.6. The maximum Gasteiger partial charge on any atom is 0.408 e. The van der Waals surface area contributed by atoms with Gasteiger partial charge in [-0.25, -0.2) is 9.59 Å². The predicted molar refractivity (Wildman–Crippen MR) is 74.2 cm³/mol. The number of carboxylic acid groups (broad SMARTS) is 1. The fourth-order valence-corrected chi connectivity index (χ4v) is 1.66. The number of carbonyl (C=O) groups excluding carboxylic acids is 1. The molecule has 1 atom stereocenters. The Hall–Kier alpha value is -1.26. The molecule has 0 aromatic rings. The van der Waals surface area contributed by atoms with Gasteiger partial charge in [-0.15, -0.1) is 0 Å². The minimum absolute atomic E-state index is 0.443. The van der Waals surface area contributed by atoms with Gasteiger partial charge in [0.2, 0.25) is 0 Å². The summed E-state index contributed by atoms with van der Waals surface area (Å²) in [7, 11) is 0. The number of unbranched alkanes of at least 4 members (excludes halogenated alkanes) is 4. The van der Waals surface area contributed by atoms with Crippen LogP contribution in [0.1, 0.15) is 66.2 Å². The van der Waals surface area contributed by atoms with Crippen molar-refractivity contribution in [1.82, 2.24) is 5.32 Å². The van der Waals surface area contributed by atoms with Gasteiger partial charge in [0.15, 0.2) is 0 Å². The lowest BCUT2D eigenvalue weighted by Gasteiger charge is -2.22. The lowest BCUT2D eigenvalue weighted by Crippen LogP contribution is -2.43. The van der Waals surface area contributed by atoms with Crippen LogP contribution in [0.25, 0.3) is 0 Å². The first kappa shape index (κ1) is 17.7. The van der Waals surface area contributed by atoms with Crippen LogP contribution in [0.15, 0.2) is 0 Å². The molecule has 2 N–H and O–H groups in total. The second-order valence-electron chi connectivity index (χ2n) is 5.74. The maximum absolute atomic E-state index is 11.5. The van der Waals surface area contributed by atoms with Gasteiger partial charge in [0, 0.05) is 0 Å². The van der Waals surface area contributed by atoms with E-state index in [1.165, 1.54) is 0 Å². The predicted octanol–water partition coefficient (Wildman–Crippen LogP) is 3.32. The number of hydrogen-bond acceptors (Lipinski definition) is 3. The van der Waals surface area contributed by atoms with E-state index in [9.17, 15) is 9.59 Å². The summed E-state index contributed by atoms with van der Waals surface area (Å²) in [5, 5.41) is 11.5.